The molecule has 2 N–H and O–H groups in total. The van der Waals surface area contributed by atoms with Crippen LogP contribution in [0.15, 0.2) is 88.7 Å². The number of aromatic nitrogens is 2. The van der Waals surface area contributed by atoms with Gasteiger partial charge in [-0.2, -0.15) is 4.98 Å². The zero-order valence-corrected chi connectivity index (χ0v) is 18.2. The summed E-state index contributed by atoms with van der Waals surface area (Å²) in [4.78, 5) is 12.1. The van der Waals surface area contributed by atoms with Crippen molar-refractivity contribution >= 4 is 34.4 Å². The van der Waals surface area contributed by atoms with Gasteiger partial charge >= 0.3 is 0 Å². The Balaban J connectivity index is 1.37. The highest BCUT2D eigenvalue weighted by atomic mass is 32.2. The molecule has 5 heteroatoms. The SMILES string of the molecule is c1ccc(Sc2ccccc2CNc2nc(NC3CCCC3)c3ccccc3n2)cc1. The number of para-hydroxylation sites is 1. The first-order valence-electron chi connectivity index (χ1n) is 10.9. The Morgan fingerprint density at radius 3 is 2.42 bits per heavy atom. The van der Waals surface area contributed by atoms with E-state index in [1.165, 1.54) is 41.0 Å². The van der Waals surface area contributed by atoms with Crippen LogP contribution in [0.25, 0.3) is 10.9 Å². The molecule has 0 spiro atoms. The fourth-order valence-corrected chi connectivity index (χ4v) is 5.03. The van der Waals surface area contributed by atoms with Gasteiger partial charge < -0.3 is 10.6 Å². The Morgan fingerprint density at radius 1 is 0.806 bits per heavy atom. The van der Waals surface area contributed by atoms with Crippen molar-refractivity contribution in [3.05, 3.63) is 84.4 Å². The average Bonchev–Trinajstić information content (AvgIpc) is 3.32. The normalized spacial score (nSPS) is 14.1. The van der Waals surface area contributed by atoms with Gasteiger partial charge in [0.1, 0.15) is 5.82 Å². The zero-order chi connectivity index (χ0) is 20.9. The first-order valence-corrected chi connectivity index (χ1v) is 11.7. The van der Waals surface area contributed by atoms with Crippen LogP contribution in [-0.4, -0.2) is 16.0 Å². The van der Waals surface area contributed by atoms with Crippen molar-refractivity contribution in [2.24, 2.45) is 0 Å². The Hall–Kier alpha value is -3.05. The van der Waals surface area contributed by atoms with Crippen molar-refractivity contribution < 1.29 is 0 Å². The molecule has 0 saturated heterocycles. The predicted octanol–water partition coefficient (Wildman–Crippen LogP) is 6.75. The van der Waals surface area contributed by atoms with Crippen LogP contribution in [0.3, 0.4) is 0 Å². The summed E-state index contributed by atoms with van der Waals surface area (Å²) in [6.07, 6.45) is 5.01. The fraction of sp³-hybridized carbons (Fsp3) is 0.231. The molecule has 0 atom stereocenters. The van der Waals surface area contributed by atoms with Crippen molar-refractivity contribution in [3.63, 3.8) is 0 Å². The van der Waals surface area contributed by atoms with Gasteiger partial charge in [-0.25, -0.2) is 4.98 Å². The van der Waals surface area contributed by atoms with Crippen LogP contribution in [-0.2, 0) is 6.54 Å². The Kier molecular flexibility index (Phi) is 6.03. The number of nitrogens with zero attached hydrogens (tertiary/aromatic N) is 2. The van der Waals surface area contributed by atoms with Crippen LogP contribution in [0.1, 0.15) is 31.2 Å². The van der Waals surface area contributed by atoms with E-state index >= 15 is 0 Å². The summed E-state index contributed by atoms with van der Waals surface area (Å²) in [7, 11) is 0. The summed E-state index contributed by atoms with van der Waals surface area (Å²) in [5, 5.41) is 8.22. The first kappa shape index (κ1) is 19.9. The van der Waals surface area contributed by atoms with Gasteiger partial charge in [0.05, 0.1) is 5.52 Å². The van der Waals surface area contributed by atoms with E-state index in [0.717, 1.165) is 16.7 Å². The number of nitrogens with one attached hydrogen (secondary N) is 2. The number of hydrogen-bond donors (Lipinski definition) is 2. The Bertz CT molecular complexity index is 1160. The zero-order valence-electron chi connectivity index (χ0n) is 17.4. The summed E-state index contributed by atoms with van der Waals surface area (Å²) >= 11 is 1.78. The third-order valence-electron chi connectivity index (χ3n) is 5.68. The predicted molar refractivity (Wildman–Crippen MR) is 130 cm³/mol. The van der Waals surface area contributed by atoms with Gasteiger partial charge in [0.2, 0.25) is 5.95 Å². The molecule has 1 aliphatic carbocycles. The van der Waals surface area contributed by atoms with E-state index < -0.39 is 0 Å². The van der Waals surface area contributed by atoms with Crippen molar-refractivity contribution in [2.75, 3.05) is 10.6 Å². The molecule has 31 heavy (non-hydrogen) atoms. The van der Waals surface area contributed by atoms with E-state index in [4.69, 9.17) is 9.97 Å². The molecule has 156 valence electrons. The lowest BCUT2D eigenvalue weighted by molar-refractivity contribution is 0.751. The highest BCUT2D eigenvalue weighted by Gasteiger charge is 2.17. The molecule has 3 aromatic carbocycles. The molecule has 0 unspecified atom stereocenters. The molecule has 4 nitrogen and oxygen atoms in total. The summed E-state index contributed by atoms with van der Waals surface area (Å²) in [6.45, 7) is 0.678. The highest BCUT2D eigenvalue weighted by molar-refractivity contribution is 7.99. The second-order valence-corrected chi connectivity index (χ2v) is 9.03. The first-order chi connectivity index (χ1) is 15.3. The summed E-state index contributed by atoms with van der Waals surface area (Å²) in [5.41, 5.74) is 2.20. The number of anilines is 2. The van der Waals surface area contributed by atoms with E-state index in [1.54, 1.807) is 11.8 Å². The van der Waals surface area contributed by atoms with Gasteiger partial charge in [0.25, 0.3) is 0 Å². The molecule has 1 aromatic heterocycles. The lowest BCUT2D eigenvalue weighted by Gasteiger charge is -2.16. The molecule has 1 saturated carbocycles. The summed E-state index contributed by atoms with van der Waals surface area (Å²) < 4.78 is 0. The fourth-order valence-electron chi connectivity index (χ4n) is 4.07. The lowest BCUT2D eigenvalue weighted by atomic mass is 10.2. The molecule has 4 aromatic rings. The monoisotopic (exact) mass is 426 g/mol. The molecule has 0 amide bonds. The van der Waals surface area contributed by atoms with Gasteiger partial charge in [-0.3, -0.25) is 0 Å². The van der Waals surface area contributed by atoms with E-state index in [9.17, 15) is 0 Å². The maximum absolute atomic E-state index is 4.85. The largest absolute Gasteiger partial charge is 0.367 e. The average molecular weight is 427 g/mol. The Labute approximate surface area is 187 Å². The second-order valence-electron chi connectivity index (χ2n) is 7.92. The molecule has 1 aliphatic rings. The van der Waals surface area contributed by atoms with Crippen LogP contribution in [0.5, 0.6) is 0 Å². The smallest absolute Gasteiger partial charge is 0.225 e. The van der Waals surface area contributed by atoms with E-state index in [1.807, 2.05) is 12.1 Å². The minimum absolute atomic E-state index is 0.508. The van der Waals surface area contributed by atoms with Crippen molar-refractivity contribution in [2.45, 2.75) is 48.1 Å². The van der Waals surface area contributed by atoms with E-state index in [-0.39, 0.29) is 0 Å². The minimum Gasteiger partial charge on any atom is -0.367 e. The quantitative estimate of drug-likeness (QED) is 0.342. The number of fused-ring (bicyclic) bond motifs is 1. The van der Waals surface area contributed by atoms with E-state index in [0.29, 0.717) is 18.5 Å². The van der Waals surface area contributed by atoms with Gasteiger partial charge in [0.15, 0.2) is 0 Å². The van der Waals surface area contributed by atoms with Crippen LogP contribution >= 0.6 is 11.8 Å². The van der Waals surface area contributed by atoms with Crippen LogP contribution < -0.4 is 10.6 Å². The van der Waals surface area contributed by atoms with Crippen molar-refractivity contribution in [1.29, 1.82) is 0 Å². The van der Waals surface area contributed by atoms with Crippen LogP contribution in [0.4, 0.5) is 11.8 Å². The van der Waals surface area contributed by atoms with Gasteiger partial charge in [-0.1, -0.05) is 73.1 Å². The minimum atomic E-state index is 0.508. The molecule has 5 rings (SSSR count). The molecular formula is C26H26N4S. The number of benzene rings is 3. The second kappa shape index (κ2) is 9.40. The molecule has 0 bridgehead atoms. The van der Waals surface area contributed by atoms with Crippen molar-refractivity contribution in [3.8, 4) is 0 Å². The third kappa shape index (κ3) is 4.83. The van der Waals surface area contributed by atoms with Gasteiger partial charge in [0, 0.05) is 27.8 Å². The summed E-state index contributed by atoms with van der Waals surface area (Å²) in [6, 6.07) is 27.7. The maximum Gasteiger partial charge on any atom is 0.225 e. The van der Waals surface area contributed by atoms with Crippen LogP contribution in [0, 0.1) is 0 Å². The Morgan fingerprint density at radius 2 is 1.55 bits per heavy atom. The highest BCUT2D eigenvalue weighted by Crippen LogP contribution is 2.31. The third-order valence-corrected chi connectivity index (χ3v) is 6.81. The molecular weight excluding hydrogens is 400 g/mol. The van der Waals surface area contributed by atoms with Gasteiger partial charge in [-0.15, -0.1) is 0 Å². The molecule has 1 heterocycles. The number of rotatable bonds is 7. The molecule has 1 fully saturated rings. The lowest BCUT2D eigenvalue weighted by Crippen LogP contribution is -2.17. The van der Waals surface area contributed by atoms with Crippen LogP contribution in [0.2, 0.25) is 0 Å². The maximum atomic E-state index is 4.85. The van der Waals surface area contributed by atoms with Crippen molar-refractivity contribution in [1.82, 2.24) is 9.97 Å². The number of hydrogen-bond acceptors (Lipinski definition) is 5. The topological polar surface area (TPSA) is 49.8 Å². The standard InChI is InChI=1S/C26H26N4S/c1-2-13-21(14-3-1)31-24-17-9-4-10-19(24)18-27-26-29-23-16-8-7-15-22(23)25(30-26)28-20-11-5-6-12-20/h1-4,7-10,13-17,20H,5-6,11-12,18H2,(H2,27,28,29,30). The van der Waals surface area contributed by atoms with Gasteiger partial charge in [-0.05, 0) is 48.7 Å². The van der Waals surface area contributed by atoms with E-state index in [2.05, 4.69) is 77.4 Å². The summed E-state index contributed by atoms with van der Waals surface area (Å²) in [5.74, 6) is 1.60. The molecule has 0 aliphatic heterocycles. The molecule has 0 radical (unpaired) electrons.